The molecule has 2 aromatic rings. The van der Waals surface area contributed by atoms with Crippen molar-refractivity contribution in [2.24, 2.45) is 0 Å². The van der Waals surface area contributed by atoms with Crippen LogP contribution in [0.3, 0.4) is 0 Å². The summed E-state index contributed by atoms with van der Waals surface area (Å²) in [5, 5.41) is 14.2. The van der Waals surface area contributed by atoms with E-state index in [0.717, 1.165) is 37.1 Å². The van der Waals surface area contributed by atoms with Crippen LogP contribution < -0.4 is 10.6 Å². The molecule has 1 heterocycles. The number of aromatic nitrogens is 3. The normalized spacial score (nSPS) is 9.84. The predicted octanol–water partition coefficient (Wildman–Crippen LogP) is 2.46. The maximum absolute atomic E-state index is 4.33. The van der Waals surface area contributed by atoms with Crippen LogP contribution in [0.25, 0.3) is 11.0 Å². The van der Waals surface area contributed by atoms with Gasteiger partial charge in [-0.25, -0.2) is 4.98 Å². The Morgan fingerprint density at radius 2 is 1.63 bits per heavy atom. The molecule has 5 heteroatoms. The minimum Gasteiger partial charge on any atom is -0.353 e. The van der Waals surface area contributed by atoms with Crippen molar-refractivity contribution in [2.45, 2.75) is 27.2 Å². The molecule has 0 saturated carbocycles. The van der Waals surface area contributed by atoms with E-state index in [-0.39, 0.29) is 0 Å². The van der Waals surface area contributed by atoms with Crippen LogP contribution in [0.4, 0.5) is 5.95 Å². The summed E-state index contributed by atoms with van der Waals surface area (Å²) in [5.41, 5.74) is 1.70. The van der Waals surface area contributed by atoms with E-state index in [1.54, 1.807) is 0 Å². The molecule has 1 aromatic carbocycles. The van der Waals surface area contributed by atoms with Gasteiger partial charge in [0, 0.05) is 6.54 Å². The standard InChI is InChI=1S/C10H12N4.C4H11N/c1-2-7-11-10-12-8-5-3-4-6-9(8)13-14-10;1-3-5-4-2/h3-6H,2,7H2,1H3,(H,11,12,14);5H,3-4H2,1-2H3. The molecular formula is C14H23N5. The fraction of sp³-hybridized carbons (Fsp3) is 0.500. The van der Waals surface area contributed by atoms with Crippen molar-refractivity contribution in [3.63, 3.8) is 0 Å². The molecule has 0 saturated heterocycles. The summed E-state index contributed by atoms with van der Waals surface area (Å²) in [6.45, 7) is 9.36. The first kappa shape index (κ1) is 15.3. The molecule has 0 aliphatic rings. The van der Waals surface area contributed by atoms with Crippen molar-refractivity contribution in [2.75, 3.05) is 25.0 Å². The summed E-state index contributed by atoms with van der Waals surface area (Å²) in [7, 11) is 0. The lowest BCUT2D eigenvalue weighted by Crippen LogP contribution is -2.09. The molecule has 0 aliphatic heterocycles. The highest BCUT2D eigenvalue weighted by atomic mass is 15.2. The highest BCUT2D eigenvalue weighted by Gasteiger charge is 1.98. The Morgan fingerprint density at radius 1 is 0.947 bits per heavy atom. The Morgan fingerprint density at radius 3 is 2.21 bits per heavy atom. The number of hydrogen-bond donors (Lipinski definition) is 2. The fourth-order valence-electron chi connectivity index (χ4n) is 1.44. The van der Waals surface area contributed by atoms with Crippen LogP contribution in [-0.4, -0.2) is 34.8 Å². The SMILES string of the molecule is CCCNc1nnc2ccccc2n1.CCNCC. The minimum absolute atomic E-state index is 0.602. The second kappa shape index (κ2) is 9.22. The molecule has 0 fully saturated rings. The van der Waals surface area contributed by atoms with Crippen molar-refractivity contribution in [1.82, 2.24) is 20.5 Å². The van der Waals surface area contributed by atoms with Crippen LogP contribution in [0.5, 0.6) is 0 Å². The summed E-state index contributed by atoms with van der Waals surface area (Å²) in [4.78, 5) is 4.33. The van der Waals surface area contributed by atoms with E-state index < -0.39 is 0 Å². The molecule has 19 heavy (non-hydrogen) atoms. The van der Waals surface area contributed by atoms with Gasteiger partial charge in [-0.15, -0.1) is 10.2 Å². The van der Waals surface area contributed by atoms with Crippen molar-refractivity contribution < 1.29 is 0 Å². The van der Waals surface area contributed by atoms with Crippen LogP contribution >= 0.6 is 0 Å². The van der Waals surface area contributed by atoms with Crippen LogP contribution in [0.15, 0.2) is 24.3 Å². The summed E-state index contributed by atoms with van der Waals surface area (Å²) < 4.78 is 0. The van der Waals surface area contributed by atoms with Gasteiger partial charge >= 0.3 is 0 Å². The monoisotopic (exact) mass is 261 g/mol. The molecule has 0 amide bonds. The molecule has 0 radical (unpaired) electrons. The summed E-state index contributed by atoms with van der Waals surface area (Å²) >= 11 is 0. The molecule has 1 aromatic heterocycles. The Bertz CT molecular complexity index is 470. The van der Waals surface area contributed by atoms with E-state index in [1.165, 1.54) is 0 Å². The van der Waals surface area contributed by atoms with E-state index in [4.69, 9.17) is 0 Å². The number of benzene rings is 1. The van der Waals surface area contributed by atoms with E-state index >= 15 is 0 Å². The number of nitrogens with zero attached hydrogens (tertiary/aromatic N) is 3. The summed E-state index contributed by atoms with van der Waals surface area (Å²) in [5.74, 6) is 0.602. The molecule has 5 nitrogen and oxygen atoms in total. The number of anilines is 1. The molecule has 2 rings (SSSR count). The maximum atomic E-state index is 4.33. The zero-order chi connectivity index (χ0) is 13.9. The zero-order valence-electron chi connectivity index (χ0n) is 12.0. The Balaban J connectivity index is 0.000000312. The topological polar surface area (TPSA) is 62.7 Å². The Labute approximate surface area is 114 Å². The van der Waals surface area contributed by atoms with Gasteiger partial charge in [-0.1, -0.05) is 32.9 Å². The van der Waals surface area contributed by atoms with Crippen molar-refractivity contribution in [3.05, 3.63) is 24.3 Å². The van der Waals surface area contributed by atoms with Gasteiger partial charge in [0.15, 0.2) is 0 Å². The van der Waals surface area contributed by atoms with E-state index in [1.807, 2.05) is 24.3 Å². The number of para-hydroxylation sites is 1. The van der Waals surface area contributed by atoms with Gasteiger partial charge in [-0.05, 0) is 31.6 Å². The lowest BCUT2D eigenvalue weighted by atomic mass is 10.3. The highest BCUT2D eigenvalue weighted by Crippen LogP contribution is 2.08. The highest BCUT2D eigenvalue weighted by molar-refractivity contribution is 5.73. The third kappa shape index (κ3) is 5.61. The molecule has 0 unspecified atom stereocenters. The molecule has 0 atom stereocenters. The second-order valence-corrected chi connectivity index (χ2v) is 4.01. The zero-order valence-corrected chi connectivity index (χ0v) is 12.0. The first-order valence-corrected chi connectivity index (χ1v) is 6.85. The van der Waals surface area contributed by atoms with Crippen molar-refractivity contribution in [1.29, 1.82) is 0 Å². The predicted molar refractivity (Wildman–Crippen MR) is 80.3 cm³/mol. The van der Waals surface area contributed by atoms with Gasteiger partial charge in [-0.2, -0.15) is 0 Å². The largest absolute Gasteiger partial charge is 0.353 e. The average Bonchev–Trinajstić information content (AvgIpc) is 2.46. The lowest BCUT2D eigenvalue weighted by Gasteiger charge is -2.01. The molecule has 0 bridgehead atoms. The minimum atomic E-state index is 0.602. The number of hydrogen-bond acceptors (Lipinski definition) is 5. The van der Waals surface area contributed by atoms with Gasteiger partial charge in [0.05, 0.1) is 5.52 Å². The van der Waals surface area contributed by atoms with Gasteiger partial charge in [-0.3, -0.25) is 0 Å². The first-order chi connectivity index (χ1) is 9.31. The summed E-state index contributed by atoms with van der Waals surface area (Å²) in [6.07, 6.45) is 1.05. The molecule has 0 aliphatic carbocycles. The van der Waals surface area contributed by atoms with E-state index in [0.29, 0.717) is 5.95 Å². The van der Waals surface area contributed by atoms with Gasteiger partial charge in [0.25, 0.3) is 0 Å². The van der Waals surface area contributed by atoms with Crippen molar-refractivity contribution >= 4 is 17.0 Å². The molecule has 2 N–H and O–H groups in total. The van der Waals surface area contributed by atoms with Gasteiger partial charge in [0.1, 0.15) is 5.52 Å². The maximum Gasteiger partial charge on any atom is 0.243 e. The molecular weight excluding hydrogens is 238 g/mol. The lowest BCUT2D eigenvalue weighted by molar-refractivity contribution is 0.762. The Kier molecular flexibility index (Phi) is 7.43. The number of nitrogens with one attached hydrogen (secondary N) is 2. The first-order valence-electron chi connectivity index (χ1n) is 6.85. The van der Waals surface area contributed by atoms with E-state index in [2.05, 4.69) is 46.6 Å². The summed E-state index contributed by atoms with van der Waals surface area (Å²) in [6, 6.07) is 7.71. The van der Waals surface area contributed by atoms with Crippen LogP contribution in [0, 0.1) is 0 Å². The molecule has 0 spiro atoms. The second-order valence-electron chi connectivity index (χ2n) is 4.01. The smallest absolute Gasteiger partial charge is 0.243 e. The van der Waals surface area contributed by atoms with Crippen LogP contribution in [0.1, 0.15) is 27.2 Å². The number of rotatable bonds is 5. The third-order valence-corrected chi connectivity index (χ3v) is 2.39. The van der Waals surface area contributed by atoms with Gasteiger partial charge < -0.3 is 10.6 Å². The van der Waals surface area contributed by atoms with Gasteiger partial charge in [0.2, 0.25) is 5.95 Å². The quantitative estimate of drug-likeness (QED) is 0.865. The third-order valence-electron chi connectivity index (χ3n) is 2.39. The molecule has 104 valence electrons. The number of fused-ring (bicyclic) bond motifs is 1. The van der Waals surface area contributed by atoms with Crippen LogP contribution in [0.2, 0.25) is 0 Å². The Hall–Kier alpha value is -1.75. The van der Waals surface area contributed by atoms with E-state index in [9.17, 15) is 0 Å². The van der Waals surface area contributed by atoms with Crippen LogP contribution in [-0.2, 0) is 0 Å². The fourth-order valence-corrected chi connectivity index (χ4v) is 1.44. The van der Waals surface area contributed by atoms with Crippen molar-refractivity contribution in [3.8, 4) is 0 Å². The average molecular weight is 261 g/mol.